The summed E-state index contributed by atoms with van der Waals surface area (Å²) in [5, 5.41) is 0. The number of allylic oxidation sites excluding steroid dienone is 1. The number of methoxy groups -OCH3 is 1. The fraction of sp³-hybridized carbons (Fsp3) is 0.276. The van der Waals surface area contributed by atoms with Crippen molar-refractivity contribution in [3.05, 3.63) is 95.6 Å². The third-order valence-corrected chi connectivity index (χ3v) is 5.38. The van der Waals surface area contributed by atoms with Crippen LogP contribution in [-0.2, 0) is 22.4 Å². The fourth-order valence-corrected chi connectivity index (χ4v) is 3.64. The van der Waals surface area contributed by atoms with E-state index < -0.39 is 0 Å². The summed E-state index contributed by atoms with van der Waals surface area (Å²) in [6.45, 7) is 10.5. The zero-order valence-corrected chi connectivity index (χ0v) is 19.3. The van der Waals surface area contributed by atoms with Crippen LogP contribution in [0.15, 0.2) is 73.3 Å². The summed E-state index contributed by atoms with van der Waals surface area (Å²) in [7, 11) is 1.76. The van der Waals surface area contributed by atoms with Gasteiger partial charge in [-0.05, 0) is 77.3 Å². The van der Waals surface area contributed by atoms with Gasteiger partial charge < -0.3 is 4.74 Å². The van der Waals surface area contributed by atoms with Crippen LogP contribution in [0.4, 0.5) is 0 Å². The van der Waals surface area contributed by atoms with Crippen molar-refractivity contribution in [3.8, 4) is 22.3 Å². The zero-order chi connectivity index (χ0) is 22.6. The Bertz CT molecular complexity index is 978. The van der Waals surface area contributed by atoms with E-state index in [0.717, 1.165) is 19.4 Å². The molecule has 0 aliphatic carbocycles. The molecule has 0 aliphatic rings. The molecular weight excluding hydrogens is 380 g/mol. The highest BCUT2D eigenvalue weighted by Gasteiger charge is 2.07. The quantitative estimate of drug-likeness (QED) is 0.289. The molecule has 0 spiro atoms. The first kappa shape index (κ1) is 24.3. The second-order valence-corrected chi connectivity index (χ2v) is 7.73. The Morgan fingerprint density at radius 2 is 1.45 bits per heavy atom. The Morgan fingerprint density at radius 1 is 0.839 bits per heavy atom. The monoisotopic (exact) mass is 414 g/mol. The van der Waals surface area contributed by atoms with Gasteiger partial charge in [-0.2, -0.15) is 0 Å². The van der Waals surface area contributed by atoms with Gasteiger partial charge >= 0.3 is 0 Å². The Morgan fingerprint density at radius 3 is 2.03 bits per heavy atom. The maximum Gasteiger partial charge on any atom is 0.142 e. The topological polar surface area (TPSA) is 26.3 Å². The van der Waals surface area contributed by atoms with Gasteiger partial charge in [0.25, 0.3) is 0 Å². The van der Waals surface area contributed by atoms with Gasteiger partial charge in [-0.3, -0.25) is 4.79 Å². The Kier molecular flexibility index (Phi) is 9.93. The summed E-state index contributed by atoms with van der Waals surface area (Å²) in [6, 6.07) is 22.6. The first-order valence-electron chi connectivity index (χ1n) is 10.9. The van der Waals surface area contributed by atoms with Gasteiger partial charge in [0.2, 0.25) is 0 Å². The van der Waals surface area contributed by atoms with Crippen LogP contribution in [0.25, 0.3) is 22.3 Å². The SMILES string of the molecule is C=CC=O.CCCc1ccc(-c2ccc(-c3ccc(C)c(CCOC)c3)cc2C)cc1. The lowest BCUT2D eigenvalue weighted by Gasteiger charge is -2.12. The van der Waals surface area contributed by atoms with Gasteiger partial charge in [0.1, 0.15) is 6.29 Å². The lowest BCUT2D eigenvalue weighted by Crippen LogP contribution is -1.97. The van der Waals surface area contributed by atoms with E-state index in [2.05, 4.69) is 88.0 Å². The fourth-order valence-electron chi connectivity index (χ4n) is 3.64. The smallest absolute Gasteiger partial charge is 0.142 e. The zero-order valence-electron chi connectivity index (χ0n) is 19.3. The normalized spacial score (nSPS) is 10.2. The molecule has 0 saturated carbocycles. The molecule has 0 aliphatic heterocycles. The summed E-state index contributed by atoms with van der Waals surface area (Å²) in [5.41, 5.74) is 10.6. The third-order valence-electron chi connectivity index (χ3n) is 5.38. The van der Waals surface area contributed by atoms with Crippen molar-refractivity contribution in [3.63, 3.8) is 0 Å². The predicted octanol–water partition coefficient (Wildman–Crippen LogP) is 7.15. The second kappa shape index (κ2) is 12.7. The highest BCUT2D eigenvalue weighted by molar-refractivity contribution is 5.74. The molecule has 0 heterocycles. The standard InChI is InChI=1S/C26H30O.C3H4O/c1-5-6-21-8-11-22(12-9-21)26-14-13-24(17-20(26)3)25-10-7-19(2)23(18-25)15-16-27-4;1-2-3-4/h7-14,17-18H,5-6,15-16H2,1-4H3;2-3H,1H2. The molecule has 162 valence electrons. The number of ether oxygens (including phenoxy) is 1. The summed E-state index contributed by atoms with van der Waals surface area (Å²) in [6.07, 6.45) is 5.13. The van der Waals surface area contributed by atoms with Crippen LogP contribution in [0.1, 0.15) is 35.6 Å². The molecule has 2 nitrogen and oxygen atoms in total. The van der Waals surface area contributed by atoms with Crippen LogP contribution in [-0.4, -0.2) is 20.0 Å². The first-order valence-corrected chi connectivity index (χ1v) is 10.9. The number of hydrogen-bond acceptors (Lipinski definition) is 2. The van der Waals surface area contributed by atoms with E-state index in [-0.39, 0.29) is 0 Å². The number of carbonyl (C=O) groups is 1. The number of carbonyl (C=O) groups excluding carboxylic acids is 1. The highest BCUT2D eigenvalue weighted by atomic mass is 16.5. The van der Waals surface area contributed by atoms with Crippen LogP contribution in [0.5, 0.6) is 0 Å². The number of rotatable bonds is 8. The van der Waals surface area contributed by atoms with E-state index in [1.54, 1.807) is 7.11 Å². The highest BCUT2D eigenvalue weighted by Crippen LogP contribution is 2.30. The van der Waals surface area contributed by atoms with E-state index in [4.69, 9.17) is 9.53 Å². The van der Waals surface area contributed by atoms with Gasteiger partial charge in [0.05, 0.1) is 6.61 Å². The molecule has 31 heavy (non-hydrogen) atoms. The molecule has 0 unspecified atom stereocenters. The lowest BCUT2D eigenvalue weighted by molar-refractivity contribution is -0.104. The molecule has 0 amide bonds. The van der Waals surface area contributed by atoms with E-state index >= 15 is 0 Å². The summed E-state index contributed by atoms with van der Waals surface area (Å²) >= 11 is 0. The molecular formula is C29H34O2. The molecule has 0 fully saturated rings. The maximum atomic E-state index is 9.06. The molecule has 0 aromatic heterocycles. The molecule has 0 N–H and O–H groups in total. The van der Waals surface area contributed by atoms with Crippen LogP contribution in [0, 0.1) is 13.8 Å². The lowest BCUT2D eigenvalue weighted by atomic mass is 9.93. The minimum atomic E-state index is 0.639. The summed E-state index contributed by atoms with van der Waals surface area (Å²) in [5.74, 6) is 0. The van der Waals surface area contributed by atoms with Crippen LogP contribution in [0.3, 0.4) is 0 Å². The van der Waals surface area contributed by atoms with Crippen LogP contribution >= 0.6 is 0 Å². The van der Waals surface area contributed by atoms with Gasteiger partial charge in [0, 0.05) is 7.11 Å². The van der Waals surface area contributed by atoms with Crippen molar-refractivity contribution in [1.29, 1.82) is 0 Å². The molecule has 2 heteroatoms. The van der Waals surface area contributed by atoms with Crippen molar-refractivity contribution in [1.82, 2.24) is 0 Å². The summed E-state index contributed by atoms with van der Waals surface area (Å²) in [4.78, 5) is 9.06. The third kappa shape index (κ3) is 7.04. The van der Waals surface area contributed by atoms with Crippen molar-refractivity contribution < 1.29 is 9.53 Å². The number of aryl methyl sites for hydroxylation is 3. The largest absolute Gasteiger partial charge is 0.384 e. The minimum Gasteiger partial charge on any atom is -0.384 e. The molecule has 0 bridgehead atoms. The van der Waals surface area contributed by atoms with Gasteiger partial charge in [-0.25, -0.2) is 0 Å². The van der Waals surface area contributed by atoms with E-state index in [1.807, 2.05) is 0 Å². The number of aldehydes is 1. The Labute approximate surface area is 187 Å². The molecule has 0 atom stereocenters. The van der Waals surface area contributed by atoms with E-state index in [9.17, 15) is 0 Å². The first-order chi connectivity index (χ1) is 15.0. The average Bonchev–Trinajstić information content (AvgIpc) is 2.79. The number of benzene rings is 3. The van der Waals surface area contributed by atoms with Crippen molar-refractivity contribution in [2.75, 3.05) is 13.7 Å². The minimum absolute atomic E-state index is 0.639. The van der Waals surface area contributed by atoms with Crippen LogP contribution in [0.2, 0.25) is 0 Å². The molecule has 0 saturated heterocycles. The molecule has 3 aromatic rings. The van der Waals surface area contributed by atoms with E-state index in [0.29, 0.717) is 6.29 Å². The van der Waals surface area contributed by atoms with Crippen LogP contribution < -0.4 is 0 Å². The number of hydrogen-bond donors (Lipinski definition) is 0. The van der Waals surface area contributed by atoms with E-state index in [1.165, 1.54) is 57.0 Å². The molecule has 3 aromatic carbocycles. The van der Waals surface area contributed by atoms with Crippen molar-refractivity contribution in [2.45, 2.75) is 40.0 Å². The van der Waals surface area contributed by atoms with Gasteiger partial charge in [0.15, 0.2) is 0 Å². The average molecular weight is 415 g/mol. The molecule has 3 rings (SSSR count). The molecule has 0 radical (unpaired) electrons. The predicted molar refractivity (Wildman–Crippen MR) is 133 cm³/mol. The van der Waals surface area contributed by atoms with Crippen molar-refractivity contribution in [2.24, 2.45) is 0 Å². The Hall–Kier alpha value is -2.97. The Balaban J connectivity index is 0.000000785. The maximum absolute atomic E-state index is 9.06. The second-order valence-electron chi connectivity index (χ2n) is 7.73. The van der Waals surface area contributed by atoms with Gasteiger partial charge in [-0.1, -0.05) is 80.6 Å². The van der Waals surface area contributed by atoms with Crippen molar-refractivity contribution >= 4 is 6.29 Å². The van der Waals surface area contributed by atoms with Gasteiger partial charge in [-0.15, -0.1) is 0 Å². The summed E-state index contributed by atoms with van der Waals surface area (Å²) < 4.78 is 5.25.